The van der Waals surface area contributed by atoms with Gasteiger partial charge >= 0.3 is 5.97 Å². The van der Waals surface area contributed by atoms with E-state index < -0.39 is 22.0 Å². The van der Waals surface area contributed by atoms with Gasteiger partial charge in [-0.05, 0) is 5.56 Å². The van der Waals surface area contributed by atoms with Gasteiger partial charge in [-0.1, -0.05) is 30.3 Å². The molecule has 1 rings (SSSR count). The van der Waals surface area contributed by atoms with Crippen LogP contribution in [0, 0.1) is 0 Å². The van der Waals surface area contributed by atoms with Crippen molar-refractivity contribution in [2.45, 2.75) is 6.04 Å². The summed E-state index contributed by atoms with van der Waals surface area (Å²) in [7, 11) is -1.00. The highest BCUT2D eigenvalue weighted by atomic mass is 32.2. The van der Waals surface area contributed by atoms with E-state index in [2.05, 4.69) is 9.46 Å². The van der Waals surface area contributed by atoms with E-state index in [1.54, 1.807) is 30.3 Å². The molecule has 0 saturated carbocycles. The minimum Gasteiger partial charge on any atom is -0.468 e. The normalized spacial score (nSPS) is 12.9. The summed E-state index contributed by atoms with van der Waals surface area (Å²) < 4.78 is 35.2. The first-order valence-corrected chi connectivity index (χ1v) is 7.27. The molecular formula is C12H17NO5S. The fraction of sp³-hybridized carbons (Fsp3) is 0.417. The Labute approximate surface area is 112 Å². The molecule has 0 aliphatic carbocycles. The highest BCUT2D eigenvalue weighted by Crippen LogP contribution is 2.15. The molecule has 0 heterocycles. The Morgan fingerprint density at radius 3 is 2.42 bits per heavy atom. The Balaban J connectivity index is 2.91. The predicted molar refractivity (Wildman–Crippen MR) is 70.0 cm³/mol. The summed E-state index contributed by atoms with van der Waals surface area (Å²) in [4.78, 5) is 11.7. The second kappa shape index (κ2) is 7.22. The van der Waals surface area contributed by atoms with E-state index in [1.165, 1.54) is 14.2 Å². The summed E-state index contributed by atoms with van der Waals surface area (Å²) in [5.41, 5.74) is 0.523. The summed E-state index contributed by atoms with van der Waals surface area (Å²) in [6.45, 7) is 0.0536. The van der Waals surface area contributed by atoms with E-state index in [4.69, 9.17) is 4.74 Å². The zero-order chi connectivity index (χ0) is 14.3. The number of ether oxygens (including phenoxy) is 2. The molecule has 7 heteroatoms. The lowest BCUT2D eigenvalue weighted by atomic mass is 10.1. The maximum absolute atomic E-state index is 11.8. The van der Waals surface area contributed by atoms with Gasteiger partial charge in [0.1, 0.15) is 6.04 Å². The third-order valence-electron chi connectivity index (χ3n) is 2.42. The summed E-state index contributed by atoms with van der Waals surface area (Å²) in [6.07, 6.45) is 0. The van der Waals surface area contributed by atoms with E-state index in [9.17, 15) is 13.2 Å². The van der Waals surface area contributed by atoms with E-state index in [0.29, 0.717) is 5.56 Å². The summed E-state index contributed by atoms with van der Waals surface area (Å²) >= 11 is 0. The number of benzene rings is 1. The quantitative estimate of drug-likeness (QED) is 0.737. The van der Waals surface area contributed by atoms with Crippen molar-refractivity contribution in [3.63, 3.8) is 0 Å². The molecular weight excluding hydrogens is 270 g/mol. The summed E-state index contributed by atoms with van der Waals surface area (Å²) in [6, 6.07) is 7.47. The van der Waals surface area contributed by atoms with E-state index in [0.717, 1.165) is 0 Å². The molecule has 0 amide bonds. The van der Waals surface area contributed by atoms with Crippen LogP contribution in [0.3, 0.4) is 0 Å². The largest absolute Gasteiger partial charge is 0.468 e. The van der Waals surface area contributed by atoms with Gasteiger partial charge in [0.05, 0.1) is 19.5 Å². The number of rotatable bonds is 7. The van der Waals surface area contributed by atoms with Crippen LogP contribution in [0.5, 0.6) is 0 Å². The minimum atomic E-state index is -3.62. The SMILES string of the molecule is COCCS(=O)(=O)NC(C(=O)OC)c1ccccc1. The number of hydrogen-bond donors (Lipinski definition) is 1. The molecule has 1 unspecified atom stereocenters. The molecule has 19 heavy (non-hydrogen) atoms. The lowest BCUT2D eigenvalue weighted by molar-refractivity contribution is -0.142. The van der Waals surface area contributed by atoms with Gasteiger partial charge in [0.25, 0.3) is 0 Å². The number of carbonyl (C=O) groups is 1. The van der Waals surface area contributed by atoms with Crippen LogP contribution in [0.25, 0.3) is 0 Å². The van der Waals surface area contributed by atoms with Crippen molar-refractivity contribution in [1.82, 2.24) is 4.72 Å². The minimum absolute atomic E-state index is 0.0536. The first-order chi connectivity index (χ1) is 9.00. The van der Waals surface area contributed by atoms with E-state index in [1.807, 2.05) is 0 Å². The van der Waals surface area contributed by atoms with Gasteiger partial charge in [0.2, 0.25) is 10.0 Å². The van der Waals surface area contributed by atoms with E-state index >= 15 is 0 Å². The van der Waals surface area contributed by atoms with Crippen LogP contribution in [-0.4, -0.2) is 41.0 Å². The number of carbonyl (C=O) groups excluding carboxylic acids is 1. The smallest absolute Gasteiger partial charge is 0.328 e. The van der Waals surface area contributed by atoms with Crippen LogP contribution in [0.4, 0.5) is 0 Å². The maximum atomic E-state index is 11.8. The fourth-order valence-corrected chi connectivity index (χ4v) is 2.54. The number of nitrogens with one attached hydrogen (secondary N) is 1. The van der Waals surface area contributed by atoms with Crippen molar-refractivity contribution < 1.29 is 22.7 Å². The van der Waals surface area contributed by atoms with Crippen LogP contribution in [0.2, 0.25) is 0 Å². The van der Waals surface area contributed by atoms with Gasteiger partial charge in [-0.15, -0.1) is 0 Å². The van der Waals surface area contributed by atoms with Crippen LogP contribution in [0.15, 0.2) is 30.3 Å². The van der Waals surface area contributed by atoms with Gasteiger partial charge in [-0.25, -0.2) is 13.2 Å². The molecule has 1 aromatic rings. The molecule has 1 aromatic carbocycles. The summed E-state index contributed by atoms with van der Waals surface area (Å²) in [5.74, 6) is -0.878. The average Bonchev–Trinajstić information content (AvgIpc) is 2.43. The zero-order valence-electron chi connectivity index (χ0n) is 10.8. The van der Waals surface area contributed by atoms with Gasteiger partial charge < -0.3 is 9.47 Å². The number of hydrogen-bond acceptors (Lipinski definition) is 5. The molecule has 0 aliphatic rings. The van der Waals surface area contributed by atoms with Crippen LogP contribution in [-0.2, 0) is 24.3 Å². The van der Waals surface area contributed by atoms with Gasteiger partial charge in [0.15, 0.2) is 0 Å². The van der Waals surface area contributed by atoms with Crippen LogP contribution < -0.4 is 4.72 Å². The van der Waals surface area contributed by atoms with E-state index in [-0.39, 0.29) is 12.4 Å². The molecule has 0 bridgehead atoms. The third kappa shape index (κ3) is 4.98. The predicted octanol–water partition coefficient (Wildman–Crippen LogP) is 0.467. The third-order valence-corrected chi connectivity index (χ3v) is 3.72. The standard InChI is InChI=1S/C12H17NO5S/c1-17-8-9-19(15,16)13-11(12(14)18-2)10-6-4-3-5-7-10/h3-7,11,13H,8-9H2,1-2H3. The van der Waals surface area contributed by atoms with Crippen molar-refractivity contribution in [2.75, 3.05) is 26.6 Å². The van der Waals surface area contributed by atoms with Crippen molar-refractivity contribution in [2.24, 2.45) is 0 Å². The van der Waals surface area contributed by atoms with Gasteiger partial charge in [-0.3, -0.25) is 0 Å². The van der Waals surface area contributed by atoms with Crippen molar-refractivity contribution in [1.29, 1.82) is 0 Å². The fourth-order valence-electron chi connectivity index (χ4n) is 1.45. The van der Waals surface area contributed by atoms with Crippen molar-refractivity contribution in [3.8, 4) is 0 Å². The lowest BCUT2D eigenvalue weighted by Crippen LogP contribution is -2.36. The first-order valence-electron chi connectivity index (χ1n) is 5.62. The zero-order valence-corrected chi connectivity index (χ0v) is 11.6. The Hall–Kier alpha value is -1.44. The second-order valence-electron chi connectivity index (χ2n) is 3.80. The van der Waals surface area contributed by atoms with Crippen LogP contribution >= 0.6 is 0 Å². The molecule has 106 valence electrons. The Kier molecular flexibility index (Phi) is 5.94. The average molecular weight is 287 g/mol. The molecule has 0 fully saturated rings. The molecule has 0 aromatic heterocycles. The molecule has 0 aliphatic heterocycles. The Bertz CT molecular complexity index is 500. The molecule has 1 N–H and O–H groups in total. The maximum Gasteiger partial charge on any atom is 0.328 e. The number of methoxy groups -OCH3 is 2. The first kappa shape index (κ1) is 15.6. The highest BCUT2D eigenvalue weighted by molar-refractivity contribution is 7.89. The van der Waals surface area contributed by atoms with Gasteiger partial charge in [-0.2, -0.15) is 4.72 Å². The monoisotopic (exact) mass is 287 g/mol. The number of esters is 1. The molecule has 0 spiro atoms. The van der Waals surface area contributed by atoms with Crippen molar-refractivity contribution in [3.05, 3.63) is 35.9 Å². The lowest BCUT2D eigenvalue weighted by Gasteiger charge is -2.16. The molecule has 6 nitrogen and oxygen atoms in total. The Morgan fingerprint density at radius 2 is 1.89 bits per heavy atom. The second-order valence-corrected chi connectivity index (χ2v) is 5.67. The summed E-state index contributed by atoms with van der Waals surface area (Å²) in [5, 5.41) is 0. The van der Waals surface area contributed by atoms with Gasteiger partial charge in [0, 0.05) is 7.11 Å². The molecule has 0 saturated heterocycles. The van der Waals surface area contributed by atoms with Crippen LogP contribution in [0.1, 0.15) is 11.6 Å². The Morgan fingerprint density at radius 1 is 1.26 bits per heavy atom. The molecule has 1 atom stereocenters. The highest BCUT2D eigenvalue weighted by Gasteiger charge is 2.26. The van der Waals surface area contributed by atoms with Crippen molar-refractivity contribution >= 4 is 16.0 Å². The topological polar surface area (TPSA) is 81.7 Å². The number of sulfonamides is 1. The molecule has 0 radical (unpaired) electrons.